The third kappa shape index (κ3) is 4.26. The normalized spacial score (nSPS) is 16.2. The number of benzene rings is 1. The van der Waals surface area contributed by atoms with E-state index in [-0.39, 0.29) is 12.0 Å². The van der Waals surface area contributed by atoms with Crippen LogP contribution in [0, 0.1) is 0 Å². The summed E-state index contributed by atoms with van der Waals surface area (Å²) in [4.78, 5) is 15.5. The van der Waals surface area contributed by atoms with Crippen molar-refractivity contribution in [2.75, 3.05) is 20.3 Å². The van der Waals surface area contributed by atoms with Gasteiger partial charge in [0.15, 0.2) is 5.76 Å². The number of carbonyl (C=O) groups excluding carboxylic acids is 1. The van der Waals surface area contributed by atoms with E-state index < -0.39 is 0 Å². The summed E-state index contributed by atoms with van der Waals surface area (Å²) in [6.07, 6.45) is 2.10. The van der Waals surface area contributed by atoms with E-state index in [1.165, 1.54) is 11.3 Å². The highest BCUT2D eigenvalue weighted by Gasteiger charge is 2.25. The number of amides is 1. The SMILES string of the molecule is COc1ccc(-c2cc(CN(C[C@H]3CCCO3)C(=O)c3cccs3)no2)cc1. The van der Waals surface area contributed by atoms with E-state index in [2.05, 4.69) is 5.16 Å². The molecule has 3 aromatic rings. The minimum atomic E-state index is -0.000465. The van der Waals surface area contributed by atoms with Crippen LogP contribution in [0.5, 0.6) is 5.75 Å². The third-order valence-electron chi connectivity index (χ3n) is 4.75. The van der Waals surface area contributed by atoms with Gasteiger partial charge < -0.3 is 18.9 Å². The topological polar surface area (TPSA) is 64.8 Å². The van der Waals surface area contributed by atoms with Crippen molar-refractivity contribution in [2.45, 2.75) is 25.5 Å². The Morgan fingerprint density at radius 2 is 2.18 bits per heavy atom. The molecular weight excluding hydrogens is 376 g/mol. The van der Waals surface area contributed by atoms with E-state index >= 15 is 0 Å². The highest BCUT2D eigenvalue weighted by Crippen LogP contribution is 2.25. The van der Waals surface area contributed by atoms with Gasteiger partial charge in [-0.05, 0) is 48.6 Å². The maximum atomic E-state index is 13.0. The molecule has 0 unspecified atom stereocenters. The van der Waals surface area contributed by atoms with Crippen LogP contribution >= 0.6 is 11.3 Å². The number of rotatable bonds is 7. The smallest absolute Gasteiger partial charge is 0.264 e. The molecule has 0 radical (unpaired) electrons. The fraction of sp³-hybridized carbons (Fsp3) is 0.333. The van der Waals surface area contributed by atoms with Gasteiger partial charge in [0, 0.05) is 24.8 Å². The van der Waals surface area contributed by atoms with Gasteiger partial charge in [0.2, 0.25) is 0 Å². The second-order valence-corrected chi connectivity index (χ2v) is 7.66. The molecule has 2 aromatic heterocycles. The Bertz CT molecular complexity index is 899. The molecule has 3 heterocycles. The minimum absolute atomic E-state index is 0.000465. The van der Waals surface area contributed by atoms with Gasteiger partial charge in [-0.15, -0.1) is 11.3 Å². The predicted molar refractivity (Wildman–Crippen MR) is 107 cm³/mol. The van der Waals surface area contributed by atoms with Gasteiger partial charge >= 0.3 is 0 Å². The summed E-state index contributed by atoms with van der Waals surface area (Å²) in [5.74, 6) is 1.45. The second kappa shape index (κ2) is 8.58. The maximum absolute atomic E-state index is 13.0. The summed E-state index contributed by atoms with van der Waals surface area (Å²) in [7, 11) is 1.63. The number of aromatic nitrogens is 1. The molecule has 0 aliphatic carbocycles. The Kier molecular flexibility index (Phi) is 5.73. The molecule has 28 heavy (non-hydrogen) atoms. The first-order valence-corrected chi connectivity index (χ1v) is 10.2. The van der Waals surface area contributed by atoms with Crippen LogP contribution in [0.3, 0.4) is 0 Å². The van der Waals surface area contributed by atoms with Crippen molar-refractivity contribution in [3.63, 3.8) is 0 Å². The van der Waals surface area contributed by atoms with Gasteiger partial charge in [-0.3, -0.25) is 4.79 Å². The molecule has 1 fully saturated rings. The Labute approximate surface area is 167 Å². The average Bonchev–Trinajstić information content (AvgIpc) is 3.49. The van der Waals surface area contributed by atoms with E-state index in [1.54, 1.807) is 12.0 Å². The molecule has 1 amide bonds. The monoisotopic (exact) mass is 398 g/mol. The lowest BCUT2D eigenvalue weighted by Gasteiger charge is -2.24. The Morgan fingerprint density at radius 3 is 2.86 bits per heavy atom. The van der Waals surface area contributed by atoms with Crippen LogP contribution < -0.4 is 4.74 Å². The standard InChI is InChI=1S/C21H22N2O4S/c1-25-17-8-6-15(7-9-17)19-12-16(22-27-19)13-23(14-18-4-2-10-26-18)21(24)20-5-3-11-28-20/h3,5-9,11-12,18H,2,4,10,13-14H2,1H3/t18-/m1/s1. The van der Waals surface area contributed by atoms with Crippen LogP contribution in [0.2, 0.25) is 0 Å². The number of hydrogen-bond donors (Lipinski definition) is 0. The van der Waals surface area contributed by atoms with Crippen molar-refractivity contribution in [2.24, 2.45) is 0 Å². The van der Waals surface area contributed by atoms with Crippen LogP contribution in [0.25, 0.3) is 11.3 Å². The van der Waals surface area contributed by atoms with Crippen LogP contribution in [0.15, 0.2) is 52.4 Å². The van der Waals surface area contributed by atoms with Gasteiger partial charge in [0.1, 0.15) is 11.4 Å². The summed E-state index contributed by atoms with van der Waals surface area (Å²) in [5.41, 5.74) is 1.63. The lowest BCUT2D eigenvalue weighted by atomic mass is 10.1. The van der Waals surface area contributed by atoms with E-state index in [1.807, 2.05) is 47.8 Å². The van der Waals surface area contributed by atoms with Gasteiger partial charge in [0.05, 0.1) is 24.6 Å². The summed E-state index contributed by atoms with van der Waals surface area (Å²) < 4.78 is 16.4. The zero-order valence-corrected chi connectivity index (χ0v) is 16.5. The first-order chi connectivity index (χ1) is 13.7. The summed E-state index contributed by atoms with van der Waals surface area (Å²) in [5, 5.41) is 6.09. The lowest BCUT2D eigenvalue weighted by Crippen LogP contribution is -2.36. The molecule has 1 aliphatic heterocycles. The van der Waals surface area contributed by atoms with Crippen molar-refractivity contribution in [3.05, 3.63) is 58.4 Å². The van der Waals surface area contributed by atoms with Gasteiger partial charge in [0.25, 0.3) is 5.91 Å². The van der Waals surface area contributed by atoms with Gasteiger partial charge in [-0.2, -0.15) is 0 Å². The molecule has 1 atom stereocenters. The predicted octanol–water partition coefficient (Wildman–Crippen LogP) is 4.23. The lowest BCUT2D eigenvalue weighted by molar-refractivity contribution is 0.0506. The molecular formula is C21H22N2O4S. The quantitative estimate of drug-likeness (QED) is 0.596. The van der Waals surface area contributed by atoms with E-state index in [9.17, 15) is 4.79 Å². The molecule has 0 N–H and O–H groups in total. The maximum Gasteiger partial charge on any atom is 0.264 e. The molecule has 1 aliphatic rings. The van der Waals surface area contributed by atoms with Crippen LogP contribution in [0.4, 0.5) is 0 Å². The number of ether oxygens (including phenoxy) is 2. The first-order valence-electron chi connectivity index (χ1n) is 9.27. The minimum Gasteiger partial charge on any atom is -0.497 e. The van der Waals surface area contributed by atoms with Crippen molar-refractivity contribution >= 4 is 17.2 Å². The molecule has 146 valence electrons. The molecule has 1 saturated heterocycles. The third-order valence-corrected chi connectivity index (χ3v) is 5.61. The number of carbonyl (C=O) groups is 1. The average molecular weight is 398 g/mol. The molecule has 7 heteroatoms. The van der Waals surface area contributed by atoms with Crippen LogP contribution in [0.1, 0.15) is 28.2 Å². The summed E-state index contributed by atoms with van der Waals surface area (Å²) >= 11 is 1.45. The molecule has 6 nitrogen and oxygen atoms in total. The fourth-order valence-corrected chi connectivity index (χ4v) is 3.97. The second-order valence-electron chi connectivity index (χ2n) is 6.71. The van der Waals surface area contributed by atoms with Crippen molar-refractivity contribution in [1.82, 2.24) is 10.1 Å². The van der Waals surface area contributed by atoms with E-state index in [0.29, 0.717) is 24.5 Å². The molecule has 4 rings (SSSR count). The highest BCUT2D eigenvalue weighted by molar-refractivity contribution is 7.12. The van der Waals surface area contributed by atoms with Crippen LogP contribution in [-0.4, -0.2) is 42.3 Å². The molecule has 0 bridgehead atoms. The van der Waals surface area contributed by atoms with Crippen molar-refractivity contribution in [3.8, 4) is 17.1 Å². The molecule has 0 spiro atoms. The summed E-state index contributed by atoms with van der Waals surface area (Å²) in [6.45, 7) is 1.70. The first kappa shape index (κ1) is 18.7. The zero-order chi connectivity index (χ0) is 19.3. The molecule has 0 saturated carbocycles. The zero-order valence-electron chi connectivity index (χ0n) is 15.7. The number of methoxy groups -OCH3 is 1. The van der Waals surface area contributed by atoms with Gasteiger partial charge in [-0.1, -0.05) is 11.2 Å². The van der Waals surface area contributed by atoms with E-state index in [0.717, 1.165) is 35.6 Å². The Balaban J connectivity index is 1.51. The van der Waals surface area contributed by atoms with Crippen molar-refractivity contribution < 1.29 is 18.8 Å². The van der Waals surface area contributed by atoms with E-state index in [4.69, 9.17) is 14.0 Å². The van der Waals surface area contributed by atoms with Gasteiger partial charge in [-0.25, -0.2) is 0 Å². The fourth-order valence-electron chi connectivity index (χ4n) is 3.28. The summed E-state index contributed by atoms with van der Waals surface area (Å²) in [6, 6.07) is 13.2. The molecule has 1 aromatic carbocycles. The van der Waals surface area contributed by atoms with Crippen molar-refractivity contribution in [1.29, 1.82) is 0 Å². The Morgan fingerprint density at radius 1 is 1.32 bits per heavy atom. The number of thiophene rings is 1. The number of nitrogens with zero attached hydrogens (tertiary/aromatic N) is 2. The Hall–Kier alpha value is -2.64. The number of hydrogen-bond acceptors (Lipinski definition) is 6. The highest BCUT2D eigenvalue weighted by atomic mass is 32.1. The largest absolute Gasteiger partial charge is 0.497 e. The van der Waals surface area contributed by atoms with Crippen LogP contribution in [-0.2, 0) is 11.3 Å².